The van der Waals surface area contributed by atoms with Gasteiger partial charge in [-0.15, -0.1) is 0 Å². The average molecular weight is 465 g/mol. The van der Waals surface area contributed by atoms with Gasteiger partial charge in [0, 0.05) is 31.9 Å². The maximum absolute atomic E-state index is 13.0. The van der Waals surface area contributed by atoms with Gasteiger partial charge >= 0.3 is 0 Å². The summed E-state index contributed by atoms with van der Waals surface area (Å²) in [6.45, 7) is 4.93. The van der Waals surface area contributed by atoms with Crippen LogP contribution in [0.1, 0.15) is 38.3 Å². The third kappa shape index (κ3) is 5.42. The van der Waals surface area contributed by atoms with Crippen LogP contribution >= 0.6 is 0 Å². The second-order valence-electron chi connectivity index (χ2n) is 8.19. The normalized spacial score (nSPS) is 17.3. The van der Waals surface area contributed by atoms with Crippen molar-refractivity contribution in [3.63, 3.8) is 0 Å². The van der Waals surface area contributed by atoms with Crippen LogP contribution in [-0.4, -0.2) is 62.0 Å². The Morgan fingerprint density at radius 1 is 1.25 bits per heavy atom. The molecule has 2 aromatic rings. The van der Waals surface area contributed by atoms with Crippen molar-refractivity contribution in [3.05, 3.63) is 36.3 Å². The van der Waals surface area contributed by atoms with Gasteiger partial charge in [-0.2, -0.15) is 4.31 Å². The zero-order valence-corrected chi connectivity index (χ0v) is 19.9. The van der Waals surface area contributed by atoms with Crippen LogP contribution in [0.15, 0.2) is 35.7 Å². The maximum Gasteiger partial charge on any atom is 0.262 e. The Morgan fingerprint density at radius 2 is 2.00 bits per heavy atom. The number of amides is 1. The molecule has 1 aromatic carbocycles. The molecule has 1 amide bonds. The molecule has 9 nitrogen and oxygen atoms in total. The molecular weight excluding hydrogens is 432 g/mol. The summed E-state index contributed by atoms with van der Waals surface area (Å²) in [5, 5.41) is 2.97. The van der Waals surface area contributed by atoms with Gasteiger partial charge in [-0.05, 0) is 50.8 Å². The Labute approximate surface area is 189 Å². The van der Waals surface area contributed by atoms with E-state index in [1.54, 1.807) is 25.0 Å². The van der Waals surface area contributed by atoms with E-state index in [1.165, 1.54) is 10.6 Å². The first-order valence-electron chi connectivity index (χ1n) is 10.8. The highest BCUT2D eigenvalue weighted by molar-refractivity contribution is 7.89. The Kier molecular flexibility index (Phi) is 7.78. The van der Waals surface area contributed by atoms with Crippen LogP contribution in [0.4, 0.5) is 0 Å². The third-order valence-electron chi connectivity index (χ3n) is 5.69. The van der Waals surface area contributed by atoms with Crippen molar-refractivity contribution in [2.75, 3.05) is 33.9 Å². The summed E-state index contributed by atoms with van der Waals surface area (Å²) in [7, 11) is -0.556. The van der Waals surface area contributed by atoms with Gasteiger partial charge in [-0.3, -0.25) is 4.79 Å². The number of hydrogen-bond acceptors (Lipinski definition) is 6. The summed E-state index contributed by atoms with van der Waals surface area (Å²) >= 11 is 0. The van der Waals surface area contributed by atoms with E-state index < -0.39 is 10.0 Å². The van der Waals surface area contributed by atoms with Crippen LogP contribution in [0.3, 0.4) is 0 Å². The Hall–Kier alpha value is -2.59. The number of aromatic nitrogens is 2. The first-order valence-corrected chi connectivity index (χ1v) is 12.2. The van der Waals surface area contributed by atoms with E-state index in [0.717, 1.165) is 5.56 Å². The van der Waals surface area contributed by atoms with E-state index in [0.29, 0.717) is 43.9 Å². The third-order valence-corrected chi connectivity index (χ3v) is 7.44. The number of sulfonamides is 1. The van der Waals surface area contributed by atoms with Crippen LogP contribution in [0.2, 0.25) is 0 Å². The number of piperidine rings is 1. The van der Waals surface area contributed by atoms with E-state index in [-0.39, 0.29) is 29.4 Å². The van der Waals surface area contributed by atoms with E-state index in [1.807, 2.05) is 32.0 Å². The van der Waals surface area contributed by atoms with Gasteiger partial charge in [0.2, 0.25) is 5.91 Å². The van der Waals surface area contributed by atoms with Crippen LogP contribution in [0.25, 0.3) is 0 Å². The monoisotopic (exact) mass is 464 g/mol. The largest absolute Gasteiger partial charge is 0.493 e. The minimum absolute atomic E-state index is 0.0284. The summed E-state index contributed by atoms with van der Waals surface area (Å²) in [4.78, 5) is 16.8. The number of benzene rings is 1. The lowest BCUT2D eigenvalue weighted by atomic mass is 9.99. The number of carbonyl (C=O) groups excluding carboxylic acids is 1. The highest BCUT2D eigenvalue weighted by Crippen LogP contribution is 2.28. The SMILES string of the molecule is COc1ccc(CCNC(=O)C2CCCN(S(=O)(=O)c3cn(C(C)C)cn3)C2)cc1OC. The van der Waals surface area contributed by atoms with Crippen molar-refractivity contribution in [2.24, 2.45) is 5.92 Å². The molecule has 2 heterocycles. The number of ether oxygens (including phenoxy) is 2. The number of methoxy groups -OCH3 is 2. The molecule has 1 saturated heterocycles. The Bertz CT molecular complexity index is 1030. The van der Waals surface area contributed by atoms with E-state index in [4.69, 9.17) is 9.47 Å². The predicted molar refractivity (Wildman–Crippen MR) is 120 cm³/mol. The zero-order valence-electron chi connectivity index (χ0n) is 19.1. The molecule has 1 aromatic heterocycles. The molecule has 1 aliphatic heterocycles. The van der Waals surface area contributed by atoms with E-state index in [9.17, 15) is 13.2 Å². The minimum atomic E-state index is -3.72. The van der Waals surface area contributed by atoms with Gasteiger partial charge < -0.3 is 19.4 Å². The van der Waals surface area contributed by atoms with Crippen molar-refractivity contribution in [3.8, 4) is 11.5 Å². The fraction of sp³-hybridized carbons (Fsp3) is 0.545. The molecule has 3 rings (SSSR count). The van der Waals surface area contributed by atoms with Crippen LogP contribution in [0, 0.1) is 5.92 Å². The van der Waals surface area contributed by atoms with Crippen LogP contribution in [-0.2, 0) is 21.2 Å². The predicted octanol–water partition coefficient (Wildman–Crippen LogP) is 2.24. The van der Waals surface area contributed by atoms with Gasteiger partial charge in [0.1, 0.15) is 0 Å². The molecular formula is C22H32N4O5S. The zero-order chi connectivity index (χ0) is 23.3. The molecule has 1 atom stereocenters. The first-order chi connectivity index (χ1) is 15.3. The lowest BCUT2D eigenvalue weighted by Gasteiger charge is -2.30. The lowest BCUT2D eigenvalue weighted by Crippen LogP contribution is -2.45. The first kappa shape index (κ1) is 24.1. The van der Waals surface area contributed by atoms with Gasteiger partial charge in [0.05, 0.1) is 26.5 Å². The number of nitrogens with one attached hydrogen (secondary N) is 1. The maximum atomic E-state index is 13.0. The van der Waals surface area contributed by atoms with Crippen molar-refractivity contribution in [1.29, 1.82) is 0 Å². The van der Waals surface area contributed by atoms with Crippen molar-refractivity contribution < 1.29 is 22.7 Å². The van der Waals surface area contributed by atoms with Crippen molar-refractivity contribution >= 4 is 15.9 Å². The molecule has 1 N–H and O–H groups in total. The molecule has 1 unspecified atom stereocenters. The smallest absolute Gasteiger partial charge is 0.262 e. The topological polar surface area (TPSA) is 103 Å². The number of imidazole rings is 1. The summed E-state index contributed by atoms with van der Waals surface area (Å²) in [5.74, 6) is 0.792. The summed E-state index contributed by atoms with van der Waals surface area (Å²) in [6.07, 6.45) is 5.01. The quantitative estimate of drug-likeness (QED) is 0.611. The number of hydrogen-bond donors (Lipinski definition) is 1. The minimum Gasteiger partial charge on any atom is -0.493 e. The van der Waals surface area contributed by atoms with E-state index in [2.05, 4.69) is 10.3 Å². The highest BCUT2D eigenvalue weighted by atomic mass is 32.2. The van der Waals surface area contributed by atoms with Crippen molar-refractivity contribution in [1.82, 2.24) is 19.2 Å². The standard InChI is InChI=1S/C22H32N4O5S/c1-16(2)25-14-21(24-15-25)32(28,29)26-11-5-6-18(13-26)22(27)23-10-9-17-7-8-19(30-3)20(12-17)31-4/h7-8,12,14-16,18H,5-6,9-11,13H2,1-4H3,(H,23,27). The Balaban J connectivity index is 1.57. The van der Waals surface area contributed by atoms with Crippen LogP contribution in [0.5, 0.6) is 11.5 Å². The number of carbonyl (C=O) groups is 1. The van der Waals surface area contributed by atoms with Gasteiger partial charge in [0.25, 0.3) is 10.0 Å². The van der Waals surface area contributed by atoms with Gasteiger partial charge in [-0.1, -0.05) is 6.07 Å². The molecule has 0 spiro atoms. The van der Waals surface area contributed by atoms with Gasteiger partial charge in [-0.25, -0.2) is 13.4 Å². The summed E-state index contributed by atoms with van der Waals surface area (Å²) in [5.41, 5.74) is 1.01. The van der Waals surface area contributed by atoms with Crippen LogP contribution < -0.4 is 14.8 Å². The van der Waals surface area contributed by atoms with Gasteiger partial charge in [0.15, 0.2) is 16.5 Å². The second kappa shape index (κ2) is 10.4. The molecule has 32 heavy (non-hydrogen) atoms. The lowest BCUT2D eigenvalue weighted by molar-refractivity contribution is -0.126. The number of rotatable bonds is 9. The molecule has 1 aliphatic rings. The Morgan fingerprint density at radius 3 is 2.66 bits per heavy atom. The molecule has 0 saturated carbocycles. The van der Waals surface area contributed by atoms with E-state index >= 15 is 0 Å². The fourth-order valence-corrected chi connectivity index (χ4v) is 5.20. The molecule has 10 heteroatoms. The second-order valence-corrected chi connectivity index (χ2v) is 10.1. The molecule has 0 bridgehead atoms. The molecule has 0 aliphatic carbocycles. The molecule has 0 radical (unpaired) electrons. The molecule has 1 fully saturated rings. The summed E-state index contributed by atoms with van der Waals surface area (Å²) in [6, 6.07) is 5.77. The summed E-state index contributed by atoms with van der Waals surface area (Å²) < 4.78 is 39.7. The number of nitrogens with zero attached hydrogens (tertiary/aromatic N) is 3. The average Bonchev–Trinajstić information content (AvgIpc) is 3.30. The highest BCUT2D eigenvalue weighted by Gasteiger charge is 2.34. The molecule has 176 valence electrons. The fourth-order valence-electron chi connectivity index (χ4n) is 3.75. The van der Waals surface area contributed by atoms with Crippen molar-refractivity contribution in [2.45, 2.75) is 44.2 Å².